The van der Waals surface area contributed by atoms with E-state index >= 15 is 0 Å². The molecule has 2 amide bonds. The van der Waals surface area contributed by atoms with Gasteiger partial charge in [0, 0.05) is 5.38 Å². The van der Waals surface area contributed by atoms with E-state index in [1.54, 1.807) is 5.38 Å². The summed E-state index contributed by atoms with van der Waals surface area (Å²) < 4.78 is 13.3. The molecule has 0 aliphatic carbocycles. The Morgan fingerprint density at radius 1 is 1.30 bits per heavy atom. The second-order valence-corrected chi connectivity index (χ2v) is 5.08. The molecule has 0 aliphatic heterocycles. The van der Waals surface area contributed by atoms with Gasteiger partial charge >= 0.3 is 0 Å². The number of thiazole rings is 1. The summed E-state index contributed by atoms with van der Waals surface area (Å²) in [6.45, 7) is 1.84. The summed E-state index contributed by atoms with van der Waals surface area (Å²) >= 11 is 1.44. The molecule has 1 aromatic heterocycles. The third-order valence-corrected chi connectivity index (χ3v) is 3.26. The number of benzene rings is 1. The summed E-state index contributed by atoms with van der Waals surface area (Å²) in [6, 6.07) is 5.53. The number of nitrogens with zero attached hydrogens (tertiary/aromatic N) is 1. The summed E-state index contributed by atoms with van der Waals surface area (Å²) in [6.07, 6.45) is 0.0574. The topological polar surface area (TPSA) is 71.1 Å². The van der Waals surface area contributed by atoms with Crippen LogP contribution in [-0.4, -0.2) is 16.8 Å². The molecule has 20 heavy (non-hydrogen) atoms. The minimum atomic E-state index is -0.703. The fourth-order valence-corrected chi connectivity index (χ4v) is 2.15. The zero-order valence-corrected chi connectivity index (χ0v) is 11.5. The number of halogens is 1. The lowest BCUT2D eigenvalue weighted by Crippen LogP contribution is -2.42. The fourth-order valence-electron chi connectivity index (χ4n) is 1.54. The van der Waals surface area contributed by atoms with E-state index in [1.165, 1.54) is 35.6 Å². The third kappa shape index (κ3) is 3.61. The molecular formula is C13H12FN3O2S. The lowest BCUT2D eigenvalue weighted by atomic mass is 10.2. The van der Waals surface area contributed by atoms with Crippen molar-refractivity contribution in [1.82, 2.24) is 15.8 Å². The number of hydrogen-bond acceptors (Lipinski definition) is 4. The van der Waals surface area contributed by atoms with Gasteiger partial charge in [-0.15, -0.1) is 11.3 Å². The fraction of sp³-hybridized carbons (Fsp3) is 0.154. The lowest BCUT2D eigenvalue weighted by molar-refractivity contribution is -0.121. The highest BCUT2D eigenvalue weighted by Gasteiger charge is 2.12. The number of carbonyl (C=O) groups excluding carboxylic acids is 2. The summed E-state index contributed by atoms with van der Waals surface area (Å²) in [5.74, 6) is -1.76. The molecular weight excluding hydrogens is 281 g/mol. The maximum absolute atomic E-state index is 13.3. The van der Waals surface area contributed by atoms with Gasteiger partial charge < -0.3 is 0 Å². The number of aryl methyl sites for hydroxylation is 1. The monoisotopic (exact) mass is 293 g/mol. The number of nitrogens with one attached hydrogen (secondary N) is 2. The van der Waals surface area contributed by atoms with Gasteiger partial charge in [-0.05, 0) is 19.1 Å². The molecule has 2 aromatic rings. The Hall–Kier alpha value is -2.28. The van der Waals surface area contributed by atoms with Crippen molar-refractivity contribution in [3.63, 3.8) is 0 Å². The molecule has 0 atom stereocenters. The lowest BCUT2D eigenvalue weighted by Gasteiger charge is -2.07. The SMILES string of the molecule is Cc1nc(CC(=O)NNC(=O)c2ccccc2F)cs1. The smallest absolute Gasteiger partial charge is 0.272 e. The van der Waals surface area contributed by atoms with Gasteiger partial charge in [-0.2, -0.15) is 0 Å². The molecule has 2 N–H and O–H groups in total. The van der Waals surface area contributed by atoms with Gasteiger partial charge in [0.1, 0.15) is 5.82 Å². The van der Waals surface area contributed by atoms with Crippen LogP contribution >= 0.6 is 11.3 Å². The van der Waals surface area contributed by atoms with E-state index in [-0.39, 0.29) is 12.0 Å². The van der Waals surface area contributed by atoms with Crippen molar-refractivity contribution in [2.75, 3.05) is 0 Å². The van der Waals surface area contributed by atoms with E-state index in [1.807, 2.05) is 6.92 Å². The van der Waals surface area contributed by atoms with Gasteiger partial charge in [-0.25, -0.2) is 9.37 Å². The normalized spacial score (nSPS) is 10.1. The average molecular weight is 293 g/mol. The Bertz CT molecular complexity index is 642. The van der Waals surface area contributed by atoms with Gasteiger partial charge in [0.25, 0.3) is 5.91 Å². The first-order valence-corrected chi connectivity index (χ1v) is 6.69. The van der Waals surface area contributed by atoms with Gasteiger partial charge in [0.15, 0.2) is 0 Å². The molecule has 0 saturated carbocycles. The Kier molecular flexibility index (Phi) is 4.41. The molecule has 0 unspecified atom stereocenters. The van der Waals surface area contributed by atoms with Crippen LogP contribution in [0.5, 0.6) is 0 Å². The number of hydrazine groups is 1. The Morgan fingerprint density at radius 3 is 2.70 bits per heavy atom. The standard InChI is InChI=1S/C13H12FN3O2S/c1-8-15-9(7-20-8)6-12(18)16-17-13(19)10-4-2-3-5-11(10)14/h2-5,7H,6H2,1H3,(H,16,18)(H,17,19). The van der Waals surface area contributed by atoms with Crippen molar-refractivity contribution in [1.29, 1.82) is 0 Å². The van der Waals surface area contributed by atoms with Gasteiger partial charge in [0.05, 0.1) is 22.7 Å². The molecule has 0 aliphatic rings. The first-order chi connectivity index (χ1) is 9.56. The number of aromatic nitrogens is 1. The third-order valence-electron chi connectivity index (χ3n) is 2.44. The number of hydrogen-bond donors (Lipinski definition) is 2. The van der Waals surface area contributed by atoms with Gasteiger partial charge in [0.2, 0.25) is 5.91 Å². The van der Waals surface area contributed by atoms with E-state index in [4.69, 9.17) is 0 Å². The molecule has 0 spiro atoms. The molecule has 0 bridgehead atoms. The van der Waals surface area contributed by atoms with Crippen molar-refractivity contribution in [3.8, 4) is 0 Å². The van der Waals surface area contributed by atoms with Crippen molar-refractivity contribution < 1.29 is 14.0 Å². The van der Waals surface area contributed by atoms with E-state index in [0.717, 1.165) is 5.01 Å². The molecule has 2 rings (SSSR count). The van der Waals surface area contributed by atoms with Crippen molar-refractivity contribution >= 4 is 23.2 Å². The molecule has 1 heterocycles. The highest BCUT2D eigenvalue weighted by molar-refractivity contribution is 7.09. The van der Waals surface area contributed by atoms with E-state index < -0.39 is 17.6 Å². The summed E-state index contributed by atoms with van der Waals surface area (Å²) in [5, 5.41) is 2.64. The van der Waals surface area contributed by atoms with E-state index in [9.17, 15) is 14.0 Å². The van der Waals surface area contributed by atoms with Crippen LogP contribution in [-0.2, 0) is 11.2 Å². The molecule has 0 saturated heterocycles. The zero-order valence-electron chi connectivity index (χ0n) is 10.6. The maximum atomic E-state index is 13.3. The number of amides is 2. The molecule has 7 heteroatoms. The Balaban J connectivity index is 1.87. The van der Waals surface area contributed by atoms with Crippen molar-refractivity contribution in [2.45, 2.75) is 13.3 Å². The minimum Gasteiger partial charge on any atom is -0.273 e. The second kappa shape index (κ2) is 6.25. The quantitative estimate of drug-likeness (QED) is 0.844. The van der Waals surface area contributed by atoms with Crippen LogP contribution in [0, 0.1) is 12.7 Å². The Morgan fingerprint density at radius 2 is 2.05 bits per heavy atom. The van der Waals surface area contributed by atoms with Crippen molar-refractivity contribution in [2.24, 2.45) is 0 Å². The van der Waals surface area contributed by atoms with Crippen LogP contribution in [0.3, 0.4) is 0 Å². The van der Waals surface area contributed by atoms with Gasteiger partial charge in [-0.3, -0.25) is 20.4 Å². The molecule has 0 fully saturated rings. The summed E-state index contributed by atoms with van der Waals surface area (Å²) in [5.41, 5.74) is 4.89. The number of carbonyl (C=O) groups is 2. The first kappa shape index (κ1) is 14.1. The average Bonchev–Trinajstić information content (AvgIpc) is 2.82. The largest absolute Gasteiger partial charge is 0.273 e. The molecule has 104 valence electrons. The summed E-state index contributed by atoms with van der Waals surface area (Å²) in [7, 11) is 0. The predicted octanol–water partition coefficient (Wildman–Crippen LogP) is 1.59. The minimum absolute atomic E-state index is 0.0574. The highest BCUT2D eigenvalue weighted by Crippen LogP contribution is 2.08. The molecule has 0 radical (unpaired) electrons. The van der Waals surface area contributed by atoms with E-state index in [0.29, 0.717) is 5.69 Å². The van der Waals surface area contributed by atoms with Crippen LogP contribution < -0.4 is 10.9 Å². The van der Waals surface area contributed by atoms with Crippen LogP contribution in [0.15, 0.2) is 29.6 Å². The number of rotatable bonds is 3. The van der Waals surface area contributed by atoms with Crippen molar-refractivity contribution in [3.05, 3.63) is 51.7 Å². The van der Waals surface area contributed by atoms with Gasteiger partial charge in [-0.1, -0.05) is 12.1 Å². The van der Waals surface area contributed by atoms with Crippen LogP contribution in [0.1, 0.15) is 21.1 Å². The molecule has 1 aromatic carbocycles. The second-order valence-electron chi connectivity index (χ2n) is 4.02. The van der Waals surface area contributed by atoms with Crippen LogP contribution in [0.25, 0.3) is 0 Å². The van der Waals surface area contributed by atoms with E-state index in [2.05, 4.69) is 15.8 Å². The highest BCUT2D eigenvalue weighted by atomic mass is 32.1. The van der Waals surface area contributed by atoms with Crippen LogP contribution in [0.2, 0.25) is 0 Å². The summed E-state index contributed by atoms with van der Waals surface area (Å²) in [4.78, 5) is 27.4. The molecule has 5 nitrogen and oxygen atoms in total. The predicted molar refractivity (Wildman–Crippen MR) is 72.6 cm³/mol. The maximum Gasteiger partial charge on any atom is 0.272 e. The zero-order chi connectivity index (χ0) is 14.5. The first-order valence-electron chi connectivity index (χ1n) is 5.81. The van der Waals surface area contributed by atoms with Crippen LogP contribution in [0.4, 0.5) is 4.39 Å². The Labute approximate surface area is 118 Å².